The van der Waals surface area contributed by atoms with E-state index in [-0.39, 0.29) is 11.9 Å². The average molecular weight is 319 g/mol. The molecule has 4 atom stereocenters. The van der Waals surface area contributed by atoms with E-state index in [0.717, 1.165) is 23.0 Å². The lowest BCUT2D eigenvalue weighted by Gasteiger charge is -2.28. The largest absolute Gasteiger partial charge is 0.349 e. The smallest absolute Gasteiger partial charge is 0.251 e. The standard InChI is InChI=1S/C22H25NO/c1-15(21-14-16-7-8-20(21)13-16)23-22(24)19-11-9-18(10-12-19)17-5-3-2-4-6-17/h2-6,9-12,15-16,20-21H,7-8,13-14H2,1H3,(H,23,24)/t15-,16-,20-,21+/m0/s1. The molecule has 0 radical (unpaired) electrons. The Morgan fingerprint density at radius 3 is 2.29 bits per heavy atom. The van der Waals surface area contributed by atoms with Gasteiger partial charge in [-0.2, -0.15) is 0 Å². The van der Waals surface area contributed by atoms with Crippen LogP contribution < -0.4 is 5.32 Å². The van der Waals surface area contributed by atoms with E-state index in [2.05, 4.69) is 24.4 Å². The van der Waals surface area contributed by atoms with Gasteiger partial charge >= 0.3 is 0 Å². The van der Waals surface area contributed by atoms with Gasteiger partial charge in [0.15, 0.2) is 0 Å². The number of nitrogens with one attached hydrogen (secondary N) is 1. The number of fused-ring (bicyclic) bond motifs is 2. The predicted octanol–water partition coefficient (Wildman–Crippen LogP) is 4.91. The van der Waals surface area contributed by atoms with Crippen molar-refractivity contribution in [2.45, 2.75) is 38.6 Å². The molecule has 2 heteroatoms. The number of carbonyl (C=O) groups excluding carboxylic acids is 1. The second kappa shape index (κ2) is 6.43. The molecule has 0 unspecified atom stereocenters. The molecule has 2 nitrogen and oxygen atoms in total. The molecule has 2 bridgehead atoms. The van der Waals surface area contributed by atoms with Gasteiger partial charge < -0.3 is 5.32 Å². The Morgan fingerprint density at radius 2 is 1.67 bits per heavy atom. The second-order valence-corrected chi connectivity index (χ2v) is 7.54. The molecule has 1 N–H and O–H groups in total. The Hall–Kier alpha value is -2.09. The quantitative estimate of drug-likeness (QED) is 0.852. The van der Waals surface area contributed by atoms with Crippen molar-refractivity contribution in [2.24, 2.45) is 17.8 Å². The maximum absolute atomic E-state index is 12.6. The fourth-order valence-electron chi connectivity index (χ4n) is 4.75. The number of amides is 1. The average Bonchev–Trinajstić information content (AvgIpc) is 3.26. The highest BCUT2D eigenvalue weighted by atomic mass is 16.1. The molecule has 2 saturated carbocycles. The van der Waals surface area contributed by atoms with Crippen LogP contribution >= 0.6 is 0 Å². The number of hydrogen-bond acceptors (Lipinski definition) is 1. The summed E-state index contributed by atoms with van der Waals surface area (Å²) in [6.07, 6.45) is 5.46. The third-order valence-electron chi connectivity index (χ3n) is 6.05. The Balaban J connectivity index is 1.41. The molecule has 0 aliphatic heterocycles. The van der Waals surface area contributed by atoms with Gasteiger partial charge in [-0.15, -0.1) is 0 Å². The Morgan fingerprint density at radius 1 is 0.958 bits per heavy atom. The fraction of sp³-hybridized carbons (Fsp3) is 0.409. The zero-order valence-corrected chi connectivity index (χ0v) is 14.2. The molecule has 24 heavy (non-hydrogen) atoms. The summed E-state index contributed by atoms with van der Waals surface area (Å²) in [5.41, 5.74) is 3.08. The van der Waals surface area contributed by atoms with Gasteiger partial charge in [0.05, 0.1) is 0 Å². The molecule has 4 rings (SSSR count). The van der Waals surface area contributed by atoms with E-state index in [1.165, 1.54) is 31.2 Å². The highest BCUT2D eigenvalue weighted by Gasteiger charge is 2.42. The van der Waals surface area contributed by atoms with Crippen molar-refractivity contribution in [1.29, 1.82) is 0 Å². The monoisotopic (exact) mass is 319 g/mol. The molecule has 2 fully saturated rings. The normalized spacial score (nSPS) is 26.3. The number of hydrogen-bond donors (Lipinski definition) is 1. The molecule has 0 aromatic heterocycles. The van der Waals surface area contributed by atoms with Crippen molar-refractivity contribution in [3.8, 4) is 11.1 Å². The van der Waals surface area contributed by atoms with E-state index in [0.29, 0.717) is 5.92 Å². The first-order valence-corrected chi connectivity index (χ1v) is 9.17. The summed E-state index contributed by atoms with van der Waals surface area (Å²) in [4.78, 5) is 12.6. The Labute approximate surface area is 144 Å². The van der Waals surface area contributed by atoms with Crippen molar-refractivity contribution in [3.63, 3.8) is 0 Å². The minimum atomic E-state index is 0.0601. The van der Waals surface area contributed by atoms with Gasteiger partial charge in [-0.1, -0.05) is 48.9 Å². The molecule has 0 heterocycles. The van der Waals surface area contributed by atoms with Gasteiger partial charge in [-0.05, 0) is 67.2 Å². The van der Waals surface area contributed by atoms with Crippen molar-refractivity contribution in [3.05, 3.63) is 60.2 Å². The third kappa shape index (κ3) is 2.98. The zero-order valence-electron chi connectivity index (χ0n) is 14.2. The van der Waals surface area contributed by atoms with Gasteiger partial charge in [0.2, 0.25) is 0 Å². The summed E-state index contributed by atoms with van der Waals surface area (Å²) in [5.74, 6) is 2.50. The first kappa shape index (κ1) is 15.4. The lowest BCUT2D eigenvalue weighted by atomic mass is 9.84. The van der Waals surface area contributed by atoms with Crippen molar-refractivity contribution in [1.82, 2.24) is 5.32 Å². The van der Waals surface area contributed by atoms with Crippen LogP contribution in [-0.2, 0) is 0 Å². The molecule has 0 spiro atoms. The first-order valence-electron chi connectivity index (χ1n) is 9.17. The Kier molecular flexibility index (Phi) is 4.13. The lowest BCUT2D eigenvalue weighted by molar-refractivity contribution is 0.0915. The van der Waals surface area contributed by atoms with Crippen LogP contribution in [0.5, 0.6) is 0 Å². The van der Waals surface area contributed by atoms with Gasteiger partial charge in [-0.25, -0.2) is 0 Å². The fourth-order valence-corrected chi connectivity index (χ4v) is 4.75. The first-order chi connectivity index (χ1) is 11.7. The second-order valence-electron chi connectivity index (χ2n) is 7.54. The minimum absolute atomic E-state index is 0.0601. The molecule has 2 aromatic carbocycles. The van der Waals surface area contributed by atoms with Gasteiger partial charge in [-0.3, -0.25) is 4.79 Å². The molecule has 2 aliphatic rings. The molecule has 1 amide bonds. The molecular formula is C22H25NO. The maximum atomic E-state index is 12.6. The van der Waals surface area contributed by atoms with Crippen LogP contribution in [0.3, 0.4) is 0 Å². The maximum Gasteiger partial charge on any atom is 0.251 e. The van der Waals surface area contributed by atoms with Crippen molar-refractivity contribution in [2.75, 3.05) is 0 Å². The van der Waals surface area contributed by atoms with Crippen LogP contribution in [0.2, 0.25) is 0 Å². The Bertz CT molecular complexity index is 707. The zero-order chi connectivity index (χ0) is 16.5. The minimum Gasteiger partial charge on any atom is -0.349 e. The molecular weight excluding hydrogens is 294 g/mol. The lowest BCUT2D eigenvalue weighted by Crippen LogP contribution is -2.40. The van der Waals surface area contributed by atoms with Crippen LogP contribution in [0.25, 0.3) is 11.1 Å². The predicted molar refractivity (Wildman–Crippen MR) is 97.7 cm³/mol. The summed E-state index contributed by atoms with van der Waals surface area (Å²) in [6.45, 7) is 2.18. The van der Waals surface area contributed by atoms with Crippen LogP contribution in [0.4, 0.5) is 0 Å². The summed E-state index contributed by atoms with van der Waals surface area (Å²) in [7, 11) is 0. The SMILES string of the molecule is C[C@H](NC(=O)c1ccc(-c2ccccc2)cc1)[C@H]1C[C@H]2CC[C@H]1C2. The number of carbonyl (C=O) groups is 1. The summed E-state index contributed by atoms with van der Waals surface area (Å²) in [6, 6.07) is 18.5. The topological polar surface area (TPSA) is 29.1 Å². The van der Waals surface area contributed by atoms with Crippen LogP contribution in [0, 0.1) is 17.8 Å². The van der Waals surface area contributed by atoms with Gasteiger partial charge in [0.25, 0.3) is 5.91 Å². The third-order valence-corrected chi connectivity index (χ3v) is 6.05. The number of rotatable bonds is 4. The van der Waals surface area contributed by atoms with E-state index >= 15 is 0 Å². The van der Waals surface area contributed by atoms with Crippen LogP contribution in [-0.4, -0.2) is 11.9 Å². The molecule has 2 aromatic rings. The summed E-state index contributed by atoms with van der Waals surface area (Å²) in [5, 5.41) is 3.24. The van der Waals surface area contributed by atoms with E-state index in [1.807, 2.05) is 42.5 Å². The molecule has 2 aliphatic carbocycles. The van der Waals surface area contributed by atoms with Gasteiger partial charge in [0.1, 0.15) is 0 Å². The highest BCUT2D eigenvalue weighted by molar-refractivity contribution is 5.94. The van der Waals surface area contributed by atoms with Crippen LogP contribution in [0.15, 0.2) is 54.6 Å². The number of benzene rings is 2. The van der Waals surface area contributed by atoms with E-state index in [4.69, 9.17) is 0 Å². The van der Waals surface area contributed by atoms with Crippen LogP contribution in [0.1, 0.15) is 43.0 Å². The van der Waals surface area contributed by atoms with Gasteiger partial charge in [0, 0.05) is 11.6 Å². The van der Waals surface area contributed by atoms with Crippen molar-refractivity contribution >= 4 is 5.91 Å². The molecule has 124 valence electrons. The van der Waals surface area contributed by atoms with E-state index in [9.17, 15) is 4.79 Å². The summed E-state index contributed by atoms with van der Waals surface area (Å²) >= 11 is 0. The van der Waals surface area contributed by atoms with E-state index in [1.54, 1.807) is 0 Å². The summed E-state index contributed by atoms with van der Waals surface area (Å²) < 4.78 is 0. The highest BCUT2D eigenvalue weighted by Crippen LogP contribution is 2.49. The molecule has 0 saturated heterocycles. The van der Waals surface area contributed by atoms with Crippen molar-refractivity contribution < 1.29 is 4.79 Å². The van der Waals surface area contributed by atoms with E-state index < -0.39 is 0 Å².